The third-order valence-corrected chi connectivity index (χ3v) is 2.55. The molecular formula is C8H16N3O2+. The van der Waals surface area contributed by atoms with Gasteiger partial charge >= 0.3 is 12.1 Å². The first-order chi connectivity index (χ1) is 6.11. The molecule has 1 N–H and O–H groups in total. The summed E-state index contributed by atoms with van der Waals surface area (Å²) in [4.78, 5) is 24.3. The van der Waals surface area contributed by atoms with Crippen LogP contribution < -0.4 is 5.43 Å². The van der Waals surface area contributed by atoms with Crippen LogP contribution in [0.3, 0.4) is 0 Å². The second kappa shape index (κ2) is 3.33. The lowest BCUT2D eigenvalue weighted by molar-refractivity contribution is -0.876. The molecule has 0 unspecified atom stereocenters. The Kier molecular flexibility index (Phi) is 2.56. The Morgan fingerprint density at radius 1 is 1.23 bits per heavy atom. The first-order valence-corrected chi connectivity index (χ1v) is 4.62. The SMILES string of the molecule is CCN1C(=O)N[N+](CC)(CC)C1=O. The molecule has 1 heterocycles. The minimum atomic E-state index is -0.281. The number of nitrogens with zero attached hydrogens (tertiary/aromatic N) is 2. The summed E-state index contributed by atoms with van der Waals surface area (Å²) in [6, 6.07) is -0.422. The molecule has 0 radical (unpaired) electrons. The van der Waals surface area contributed by atoms with Crippen molar-refractivity contribution in [2.75, 3.05) is 19.6 Å². The molecule has 1 aliphatic heterocycles. The van der Waals surface area contributed by atoms with Gasteiger partial charge in [-0.3, -0.25) is 0 Å². The molecule has 0 atom stereocenters. The van der Waals surface area contributed by atoms with Crippen molar-refractivity contribution in [1.29, 1.82) is 0 Å². The highest BCUT2D eigenvalue weighted by Gasteiger charge is 2.49. The van der Waals surface area contributed by atoms with Crippen LogP contribution in [0.4, 0.5) is 9.59 Å². The van der Waals surface area contributed by atoms with Crippen molar-refractivity contribution in [3.8, 4) is 0 Å². The number of urea groups is 2. The van der Waals surface area contributed by atoms with Gasteiger partial charge in [-0.1, -0.05) is 0 Å². The van der Waals surface area contributed by atoms with Gasteiger partial charge in [0.25, 0.3) is 0 Å². The number of carbonyl (C=O) groups is 2. The van der Waals surface area contributed by atoms with Gasteiger partial charge in [-0.2, -0.15) is 5.43 Å². The highest BCUT2D eigenvalue weighted by molar-refractivity contribution is 5.94. The van der Waals surface area contributed by atoms with Crippen molar-refractivity contribution in [2.45, 2.75) is 20.8 Å². The van der Waals surface area contributed by atoms with E-state index < -0.39 is 0 Å². The first-order valence-electron chi connectivity index (χ1n) is 4.62. The van der Waals surface area contributed by atoms with Crippen LogP contribution in [0.5, 0.6) is 0 Å². The number of hydrogen-bond donors (Lipinski definition) is 1. The molecular weight excluding hydrogens is 170 g/mol. The molecule has 5 heteroatoms. The average Bonchev–Trinajstić information content (AvgIpc) is 2.38. The maximum Gasteiger partial charge on any atom is 0.452 e. The quantitative estimate of drug-likeness (QED) is 0.666. The van der Waals surface area contributed by atoms with Crippen LogP contribution in [0.25, 0.3) is 0 Å². The fourth-order valence-corrected chi connectivity index (χ4v) is 1.54. The summed E-state index contributed by atoms with van der Waals surface area (Å²) in [6.07, 6.45) is 0. The zero-order valence-corrected chi connectivity index (χ0v) is 8.33. The van der Waals surface area contributed by atoms with Crippen molar-refractivity contribution in [1.82, 2.24) is 10.3 Å². The van der Waals surface area contributed by atoms with Crippen LogP contribution in [0.1, 0.15) is 20.8 Å². The normalized spacial score (nSPS) is 20.7. The molecule has 1 saturated heterocycles. The topological polar surface area (TPSA) is 49.4 Å². The average molecular weight is 186 g/mol. The number of rotatable bonds is 3. The van der Waals surface area contributed by atoms with E-state index in [0.717, 1.165) is 0 Å². The van der Waals surface area contributed by atoms with Crippen molar-refractivity contribution in [3.63, 3.8) is 0 Å². The number of hydrogen-bond acceptors (Lipinski definition) is 2. The standard InChI is InChI=1S/C8H15N3O2/c1-4-10-7(12)9-11(5-2,6-3)8(10)13/h4-6H2,1-3H3/p+1. The molecule has 0 saturated carbocycles. The van der Waals surface area contributed by atoms with Gasteiger partial charge in [0.05, 0.1) is 0 Å². The van der Waals surface area contributed by atoms with E-state index in [2.05, 4.69) is 5.43 Å². The molecule has 0 bridgehead atoms. The molecule has 13 heavy (non-hydrogen) atoms. The number of imide groups is 1. The van der Waals surface area contributed by atoms with E-state index in [-0.39, 0.29) is 16.7 Å². The molecule has 74 valence electrons. The van der Waals surface area contributed by atoms with Gasteiger partial charge in [-0.05, 0) is 20.8 Å². The van der Waals surface area contributed by atoms with E-state index in [1.165, 1.54) is 4.90 Å². The summed E-state index contributed by atoms with van der Waals surface area (Å²) in [7, 11) is 0. The summed E-state index contributed by atoms with van der Waals surface area (Å²) >= 11 is 0. The lowest BCUT2D eigenvalue weighted by Gasteiger charge is -2.24. The molecule has 1 fully saturated rings. The maximum atomic E-state index is 11.7. The Labute approximate surface area is 77.9 Å². The minimum absolute atomic E-state index is 0.0483. The Morgan fingerprint density at radius 2 is 1.77 bits per heavy atom. The molecule has 0 spiro atoms. The van der Waals surface area contributed by atoms with Crippen LogP contribution in [0.15, 0.2) is 0 Å². The third kappa shape index (κ3) is 1.29. The van der Waals surface area contributed by atoms with E-state index in [1.54, 1.807) is 6.92 Å². The van der Waals surface area contributed by atoms with Gasteiger partial charge in [0.2, 0.25) is 0 Å². The second-order valence-corrected chi connectivity index (χ2v) is 3.04. The minimum Gasteiger partial charge on any atom is -0.243 e. The Hall–Kier alpha value is -1.10. The number of carbonyl (C=O) groups excluding carboxylic acids is 2. The Morgan fingerprint density at radius 3 is 2.00 bits per heavy atom. The van der Waals surface area contributed by atoms with Gasteiger partial charge in [-0.25, -0.2) is 14.5 Å². The zero-order chi connectivity index (χ0) is 10.1. The predicted octanol–water partition coefficient (Wildman–Crippen LogP) is 0.923. The lowest BCUT2D eigenvalue weighted by atomic mass is 10.5. The van der Waals surface area contributed by atoms with Crippen LogP contribution in [0.2, 0.25) is 0 Å². The predicted molar refractivity (Wildman–Crippen MR) is 47.7 cm³/mol. The Balaban J connectivity index is 2.94. The zero-order valence-electron chi connectivity index (χ0n) is 8.33. The first kappa shape index (κ1) is 9.98. The van der Waals surface area contributed by atoms with Gasteiger partial charge in [-0.15, -0.1) is 4.59 Å². The van der Waals surface area contributed by atoms with Crippen molar-refractivity contribution in [3.05, 3.63) is 0 Å². The van der Waals surface area contributed by atoms with E-state index in [9.17, 15) is 9.59 Å². The van der Waals surface area contributed by atoms with Gasteiger partial charge < -0.3 is 0 Å². The van der Waals surface area contributed by atoms with Gasteiger partial charge in [0.1, 0.15) is 13.1 Å². The van der Waals surface area contributed by atoms with Gasteiger partial charge in [0.15, 0.2) is 0 Å². The highest BCUT2D eigenvalue weighted by atomic mass is 16.2. The fraction of sp³-hybridized carbons (Fsp3) is 0.750. The largest absolute Gasteiger partial charge is 0.452 e. The third-order valence-electron chi connectivity index (χ3n) is 2.55. The summed E-state index contributed by atoms with van der Waals surface area (Å²) in [5.74, 6) is 0. The monoisotopic (exact) mass is 186 g/mol. The summed E-state index contributed by atoms with van der Waals surface area (Å²) in [6.45, 7) is 7.20. The lowest BCUT2D eigenvalue weighted by Crippen LogP contribution is -2.56. The van der Waals surface area contributed by atoms with Crippen molar-refractivity contribution >= 4 is 12.1 Å². The molecule has 0 aromatic carbocycles. The highest BCUT2D eigenvalue weighted by Crippen LogP contribution is 2.15. The van der Waals surface area contributed by atoms with Crippen LogP contribution in [0, 0.1) is 0 Å². The van der Waals surface area contributed by atoms with Crippen LogP contribution >= 0.6 is 0 Å². The van der Waals surface area contributed by atoms with E-state index in [4.69, 9.17) is 0 Å². The Bertz CT molecular complexity index is 236. The molecule has 1 aliphatic rings. The molecule has 0 aromatic heterocycles. The van der Waals surface area contributed by atoms with E-state index in [0.29, 0.717) is 19.6 Å². The molecule has 0 aliphatic carbocycles. The summed E-state index contributed by atoms with van der Waals surface area (Å²) in [5.41, 5.74) is 2.69. The van der Waals surface area contributed by atoms with E-state index >= 15 is 0 Å². The summed E-state index contributed by atoms with van der Waals surface area (Å²) in [5, 5.41) is 0. The smallest absolute Gasteiger partial charge is 0.243 e. The number of quaternary nitrogens is 1. The molecule has 4 amide bonds. The molecule has 5 nitrogen and oxygen atoms in total. The van der Waals surface area contributed by atoms with Crippen molar-refractivity contribution < 1.29 is 14.2 Å². The second-order valence-electron chi connectivity index (χ2n) is 3.04. The summed E-state index contributed by atoms with van der Waals surface area (Å²) < 4.78 is 0.0483. The van der Waals surface area contributed by atoms with Crippen LogP contribution in [-0.2, 0) is 0 Å². The maximum absolute atomic E-state index is 11.7. The number of nitrogens with one attached hydrogen (secondary N) is 1. The van der Waals surface area contributed by atoms with E-state index in [1.807, 2.05) is 13.8 Å². The van der Waals surface area contributed by atoms with Gasteiger partial charge in [0, 0.05) is 6.54 Å². The molecule has 1 rings (SSSR count). The number of amides is 4. The fourth-order valence-electron chi connectivity index (χ4n) is 1.54. The van der Waals surface area contributed by atoms with Crippen molar-refractivity contribution in [2.24, 2.45) is 0 Å². The van der Waals surface area contributed by atoms with Crippen LogP contribution in [-0.4, -0.2) is 41.2 Å². The molecule has 0 aromatic rings.